The molecule has 0 radical (unpaired) electrons. The van der Waals surface area contributed by atoms with Gasteiger partial charge in [-0.3, -0.25) is 29.3 Å². The summed E-state index contributed by atoms with van der Waals surface area (Å²) in [6.45, 7) is 2.97. The first-order chi connectivity index (χ1) is 19.3. The van der Waals surface area contributed by atoms with Gasteiger partial charge in [0.2, 0.25) is 11.8 Å². The smallest absolute Gasteiger partial charge is 0.255 e. The highest BCUT2D eigenvalue weighted by Crippen LogP contribution is 2.51. The molecule has 5 heterocycles. The van der Waals surface area contributed by atoms with Crippen LogP contribution in [0.2, 0.25) is 0 Å². The van der Waals surface area contributed by atoms with E-state index in [-0.39, 0.29) is 36.8 Å². The maximum atomic E-state index is 15.7. The first kappa shape index (κ1) is 25.0. The van der Waals surface area contributed by atoms with Crippen LogP contribution in [0.4, 0.5) is 4.39 Å². The minimum Gasteiger partial charge on any atom is -0.492 e. The number of aromatic nitrogens is 2. The lowest BCUT2D eigenvalue weighted by Gasteiger charge is -2.38. The average molecular weight is 544 g/mol. The largest absolute Gasteiger partial charge is 0.492 e. The van der Waals surface area contributed by atoms with Crippen molar-refractivity contribution >= 4 is 17.7 Å². The van der Waals surface area contributed by atoms with Crippen molar-refractivity contribution in [2.75, 3.05) is 19.7 Å². The number of fused-ring (bicyclic) bond motifs is 4. The molecular weight excluding hydrogens is 513 g/mol. The monoisotopic (exact) mass is 543 g/mol. The summed E-state index contributed by atoms with van der Waals surface area (Å²) in [4.78, 5) is 41.1. The van der Waals surface area contributed by atoms with Crippen LogP contribution in [0.15, 0.2) is 42.7 Å². The van der Waals surface area contributed by atoms with Crippen LogP contribution < -0.4 is 10.1 Å². The summed E-state index contributed by atoms with van der Waals surface area (Å²) in [6.07, 6.45) is 5.81. The van der Waals surface area contributed by atoms with Gasteiger partial charge in [-0.05, 0) is 55.6 Å². The molecule has 206 valence electrons. The van der Waals surface area contributed by atoms with Crippen molar-refractivity contribution in [2.45, 2.75) is 50.2 Å². The van der Waals surface area contributed by atoms with Crippen molar-refractivity contribution in [3.8, 4) is 16.9 Å². The molecule has 0 bridgehead atoms. The van der Waals surface area contributed by atoms with E-state index in [4.69, 9.17) is 4.74 Å². The Hall–Kier alpha value is -4.05. The van der Waals surface area contributed by atoms with E-state index in [1.807, 2.05) is 19.4 Å². The van der Waals surface area contributed by atoms with Gasteiger partial charge >= 0.3 is 0 Å². The van der Waals surface area contributed by atoms with Gasteiger partial charge in [-0.25, -0.2) is 4.39 Å². The molecule has 0 saturated carbocycles. The standard InChI is InChI=1S/C30H30FN5O4/c1-34-15-20(13-32-34)19-4-2-3-18(11-19)14-35-9-7-30(8-10-35)17-40-27-22-16-36(24-5-6-25(37)33-28(24)38)29(39)21(22)12-23(31)26(27)30/h2-4,11-13,15,24H,5-10,14,16-17H2,1H3,(H,33,37,38)/t24-/m0/s1. The van der Waals surface area contributed by atoms with Crippen molar-refractivity contribution < 1.29 is 23.5 Å². The molecule has 2 aromatic carbocycles. The Bertz CT molecular complexity index is 1560. The lowest BCUT2D eigenvalue weighted by Crippen LogP contribution is -2.52. The molecule has 1 spiro atoms. The Morgan fingerprint density at radius 2 is 1.98 bits per heavy atom. The lowest BCUT2D eigenvalue weighted by molar-refractivity contribution is -0.136. The molecule has 2 fully saturated rings. The van der Waals surface area contributed by atoms with Gasteiger partial charge in [-0.1, -0.05) is 18.2 Å². The zero-order valence-corrected chi connectivity index (χ0v) is 22.3. The molecule has 9 nitrogen and oxygen atoms in total. The molecule has 2 saturated heterocycles. The summed E-state index contributed by atoms with van der Waals surface area (Å²) < 4.78 is 23.7. The number of nitrogens with zero attached hydrogens (tertiary/aromatic N) is 4. The van der Waals surface area contributed by atoms with Crippen molar-refractivity contribution in [1.29, 1.82) is 0 Å². The van der Waals surface area contributed by atoms with Gasteiger partial charge < -0.3 is 9.64 Å². The Morgan fingerprint density at radius 3 is 2.73 bits per heavy atom. The number of piperidine rings is 2. The van der Waals surface area contributed by atoms with Crippen LogP contribution in [-0.2, 0) is 35.1 Å². The molecule has 4 aliphatic heterocycles. The van der Waals surface area contributed by atoms with Crippen molar-refractivity contribution in [3.63, 3.8) is 0 Å². The third-order valence-corrected chi connectivity index (χ3v) is 8.95. The van der Waals surface area contributed by atoms with Crippen LogP contribution in [0.5, 0.6) is 5.75 Å². The number of hydrogen-bond donors (Lipinski definition) is 1. The normalized spacial score (nSPS) is 21.9. The molecule has 0 aliphatic carbocycles. The maximum Gasteiger partial charge on any atom is 0.255 e. The van der Waals surface area contributed by atoms with Gasteiger partial charge in [-0.2, -0.15) is 5.10 Å². The van der Waals surface area contributed by atoms with Gasteiger partial charge in [-0.15, -0.1) is 0 Å². The van der Waals surface area contributed by atoms with Gasteiger partial charge in [0.15, 0.2) is 0 Å². The van der Waals surface area contributed by atoms with E-state index < -0.39 is 23.2 Å². The van der Waals surface area contributed by atoms with Gasteiger partial charge in [0.05, 0.1) is 24.9 Å². The predicted molar refractivity (Wildman–Crippen MR) is 143 cm³/mol. The summed E-state index contributed by atoms with van der Waals surface area (Å²) in [6, 6.07) is 9.07. The summed E-state index contributed by atoms with van der Waals surface area (Å²) >= 11 is 0. The van der Waals surface area contributed by atoms with Gasteiger partial charge in [0, 0.05) is 48.3 Å². The van der Waals surface area contributed by atoms with Crippen molar-refractivity contribution in [3.05, 3.63) is 70.8 Å². The third kappa shape index (κ3) is 4.00. The third-order valence-electron chi connectivity index (χ3n) is 8.95. The Morgan fingerprint density at radius 1 is 1.15 bits per heavy atom. The maximum absolute atomic E-state index is 15.7. The SMILES string of the molecule is Cn1cc(-c2cccc(CN3CCC4(CC3)COc3c5c(cc(F)c34)C(=O)N([C@H]3CCC(=O)NC3=O)C5)c2)cn1. The van der Waals surface area contributed by atoms with E-state index in [0.717, 1.165) is 43.6 Å². The second-order valence-electron chi connectivity index (χ2n) is 11.4. The molecule has 0 unspecified atom stereocenters. The number of amides is 3. The van der Waals surface area contributed by atoms with Crippen molar-refractivity contribution in [1.82, 2.24) is 24.9 Å². The summed E-state index contributed by atoms with van der Waals surface area (Å²) in [5.41, 5.74) is 4.47. The molecule has 1 atom stereocenters. The Kier molecular flexibility index (Phi) is 5.78. The van der Waals surface area contributed by atoms with Gasteiger partial charge in [0.1, 0.15) is 17.6 Å². The summed E-state index contributed by atoms with van der Waals surface area (Å²) in [5.74, 6) is -1.15. The molecule has 1 N–H and O–H groups in total. The molecule has 1 aromatic heterocycles. The Balaban J connectivity index is 1.08. The highest BCUT2D eigenvalue weighted by Gasteiger charge is 2.49. The number of nitrogens with one attached hydrogen (secondary N) is 1. The number of benzene rings is 2. The van der Waals surface area contributed by atoms with E-state index in [0.29, 0.717) is 23.5 Å². The van der Waals surface area contributed by atoms with Crippen LogP contribution in [-0.4, -0.2) is 63.0 Å². The number of halogens is 1. The molecule has 40 heavy (non-hydrogen) atoms. The number of ether oxygens (including phenoxy) is 1. The highest BCUT2D eigenvalue weighted by atomic mass is 19.1. The zero-order valence-electron chi connectivity index (χ0n) is 22.3. The van der Waals surface area contributed by atoms with Gasteiger partial charge in [0.25, 0.3) is 5.91 Å². The van der Waals surface area contributed by atoms with E-state index >= 15 is 4.39 Å². The minimum absolute atomic E-state index is 0.173. The predicted octanol–water partition coefficient (Wildman–Crippen LogP) is 2.91. The molecular formula is C30H30FN5O4. The lowest BCUT2D eigenvalue weighted by atomic mass is 9.73. The second-order valence-corrected chi connectivity index (χ2v) is 11.4. The Labute approximate surface area is 230 Å². The number of rotatable bonds is 4. The number of aryl methyl sites for hydroxylation is 1. The fourth-order valence-electron chi connectivity index (χ4n) is 6.79. The summed E-state index contributed by atoms with van der Waals surface area (Å²) in [5, 5.41) is 6.59. The fraction of sp³-hybridized carbons (Fsp3) is 0.400. The molecule has 10 heteroatoms. The number of likely N-dealkylation sites (tertiary alicyclic amines) is 1. The number of carbonyl (C=O) groups is 3. The van der Waals surface area contributed by atoms with Crippen LogP contribution in [0, 0.1) is 5.82 Å². The molecule has 7 rings (SSSR count). The number of hydrogen-bond acceptors (Lipinski definition) is 6. The number of carbonyl (C=O) groups excluding carboxylic acids is 3. The second kappa shape index (κ2) is 9.26. The van der Waals surface area contributed by atoms with E-state index in [2.05, 4.69) is 39.6 Å². The van der Waals surface area contributed by atoms with Crippen LogP contribution in [0.25, 0.3) is 11.1 Å². The first-order valence-corrected chi connectivity index (χ1v) is 13.7. The fourth-order valence-corrected chi connectivity index (χ4v) is 6.79. The van der Waals surface area contributed by atoms with Crippen LogP contribution >= 0.6 is 0 Å². The first-order valence-electron chi connectivity index (χ1n) is 13.7. The number of imide groups is 1. The average Bonchev–Trinajstić information content (AvgIpc) is 3.63. The van der Waals surface area contributed by atoms with E-state index in [9.17, 15) is 14.4 Å². The molecule has 3 aromatic rings. The minimum atomic E-state index is -0.744. The van der Waals surface area contributed by atoms with Crippen LogP contribution in [0.1, 0.15) is 52.7 Å². The zero-order chi connectivity index (χ0) is 27.6. The quantitative estimate of drug-likeness (QED) is 0.509. The molecule has 3 amide bonds. The molecule has 4 aliphatic rings. The highest BCUT2D eigenvalue weighted by molar-refractivity contribution is 6.05. The van der Waals surface area contributed by atoms with Crippen LogP contribution in [0.3, 0.4) is 0 Å². The van der Waals surface area contributed by atoms with E-state index in [1.165, 1.54) is 16.5 Å². The van der Waals surface area contributed by atoms with E-state index in [1.54, 1.807) is 4.68 Å². The van der Waals surface area contributed by atoms with Crippen molar-refractivity contribution in [2.24, 2.45) is 7.05 Å². The summed E-state index contributed by atoms with van der Waals surface area (Å²) in [7, 11) is 1.91. The topological polar surface area (TPSA) is 96.8 Å².